The van der Waals surface area contributed by atoms with Gasteiger partial charge in [0.1, 0.15) is 0 Å². The molecule has 4 nitrogen and oxygen atoms in total. The van der Waals surface area contributed by atoms with E-state index in [2.05, 4.69) is 16.8 Å². The molecule has 102 valence electrons. The first-order valence-corrected chi connectivity index (χ1v) is 7.36. The summed E-state index contributed by atoms with van der Waals surface area (Å²) in [5.41, 5.74) is 6.02. The first kappa shape index (κ1) is 12.4. The van der Waals surface area contributed by atoms with Gasteiger partial charge in [0.25, 0.3) is 0 Å². The highest BCUT2D eigenvalue weighted by atomic mass is 16.2. The van der Waals surface area contributed by atoms with Crippen LogP contribution in [-0.4, -0.2) is 53.5 Å². The molecule has 0 spiro atoms. The molecule has 2 heterocycles. The van der Waals surface area contributed by atoms with Crippen LogP contribution in [-0.2, 0) is 4.79 Å². The van der Waals surface area contributed by atoms with Crippen LogP contribution in [0.1, 0.15) is 44.9 Å². The fourth-order valence-corrected chi connectivity index (χ4v) is 3.76. The van der Waals surface area contributed by atoms with E-state index < -0.39 is 0 Å². The summed E-state index contributed by atoms with van der Waals surface area (Å²) < 4.78 is 0. The van der Waals surface area contributed by atoms with E-state index in [1.54, 1.807) is 0 Å². The molecule has 4 heteroatoms. The lowest BCUT2D eigenvalue weighted by Gasteiger charge is -2.39. The van der Waals surface area contributed by atoms with Crippen molar-refractivity contribution < 1.29 is 4.79 Å². The Morgan fingerprint density at radius 2 is 2.00 bits per heavy atom. The van der Waals surface area contributed by atoms with Crippen LogP contribution in [0.5, 0.6) is 0 Å². The minimum atomic E-state index is -0.172. The van der Waals surface area contributed by atoms with Gasteiger partial charge in [0, 0.05) is 37.1 Å². The molecular formula is C14H25N3O. The van der Waals surface area contributed by atoms with Gasteiger partial charge in [0.15, 0.2) is 0 Å². The molecule has 2 atom stereocenters. The Morgan fingerprint density at radius 3 is 2.67 bits per heavy atom. The molecule has 2 aliphatic heterocycles. The Kier molecular flexibility index (Phi) is 3.10. The van der Waals surface area contributed by atoms with Gasteiger partial charge < -0.3 is 10.6 Å². The monoisotopic (exact) mass is 251 g/mol. The lowest BCUT2D eigenvalue weighted by Crippen LogP contribution is -2.51. The maximum Gasteiger partial charge on any atom is 0.224 e. The van der Waals surface area contributed by atoms with Crippen LogP contribution in [0.2, 0.25) is 0 Å². The zero-order valence-electron chi connectivity index (χ0n) is 11.4. The lowest BCUT2D eigenvalue weighted by molar-refractivity contribution is -0.133. The second-order valence-electron chi connectivity index (χ2n) is 6.57. The molecule has 2 unspecified atom stereocenters. The van der Waals surface area contributed by atoms with Gasteiger partial charge in [-0.1, -0.05) is 0 Å². The quantitative estimate of drug-likeness (QED) is 0.795. The summed E-state index contributed by atoms with van der Waals surface area (Å²) in [5.74, 6) is 0.290. The average Bonchev–Trinajstić information content (AvgIpc) is 2.50. The Balaban J connectivity index is 1.61. The van der Waals surface area contributed by atoms with E-state index in [9.17, 15) is 4.79 Å². The fraction of sp³-hybridized carbons (Fsp3) is 0.929. The van der Waals surface area contributed by atoms with E-state index in [1.807, 2.05) is 0 Å². The number of hydrogen-bond donors (Lipinski definition) is 1. The zero-order valence-corrected chi connectivity index (χ0v) is 11.4. The van der Waals surface area contributed by atoms with E-state index in [0.717, 1.165) is 32.4 Å². The molecule has 0 aromatic heterocycles. The number of rotatable bonds is 2. The Hall–Kier alpha value is -0.610. The summed E-state index contributed by atoms with van der Waals surface area (Å²) in [5, 5.41) is 0. The third-order valence-corrected chi connectivity index (χ3v) is 5.35. The lowest BCUT2D eigenvalue weighted by atomic mass is 9.75. The number of nitrogens with zero attached hydrogens (tertiary/aromatic N) is 2. The van der Waals surface area contributed by atoms with Crippen molar-refractivity contribution in [2.45, 2.75) is 62.6 Å². The highest BCUT2D eigenvalue weighted by Gasteiger charge is 2.39. The van der Waals surface area contributed by atoms with Crippen molar-refractivity contribution in [1.29, 1.82) is 0 Å². The van der Waals surface area contributed by atoms with Crippen LogP contribution >= 0.6 is 0 Å². The normalized spacial score (nSPS) is 35.1. The number of fused-ring (bicyclic) bond motifs is 2. The fourth-order valence-electron chi connectivity index (χ4n) is 3.76. The molecule has 1 aliphatic carbocycles. The van der Waals surface area contributed by atoms with Gasteiger partial charge in [0.2, 0.25) is 5.91 Å². The van der Waals surface area contributed by atoms with Gasteiger partial charge in [-0.25, -0.2) is 0 Å². The molecule has 0 aromatic carbocycles. The molecule has 1 saturated carbocycles. The third-order valence-electron chi connectivity index (χ3n) is 5.35. The summed E-state index contributed by atoms with van der Waals surface area (Å²) in [7, 11) is 2.21. The summed E-state index contributed by atoms with van der Waals surface area (Å²) in [6.07, 6.45) is 7.50. The number of carbonyl (C=O) groups excluding carboxylic acids is 1. The van der Waals surface area contributed by atoms with Crippen molar-refractivity contribution >= 4 is 5.91 Å². The van der Waals surface area contributed by atoms with E-state index in [4.69, 9.17) is 5.73 Å². The van der Waals surface area contributed by atoms with E-state index >= 15 is 0 Å². The Morgan fingerprint density at radius 1 is 1.28 bits per heavy atom. The minimum Gasteiger partial charge on any atom is -0.341 e. The number of amides is 1. The molecule has 2 bridgehead atoms. The second-order valence-corrected chi connectivity index (χ2v) is 6.57. The smallest absolute Gasteiger partial charge is 0.224 e. The van der Waals surface area contributed by atoms with Gasteiger partial charge in [0.05, 0.1) is 0 Å². The van der Waals surface area contributed by atoms with E-state index in [0.29, 0.717) is 18.5 Å². The van der Waals surface area contributed by atoms with Crippen molar-refractivity contribution in [1.82, 2.24) is 9.80 Å². The molecule has 2 saturated heterocycles. The van der Waals surface area contributed by atoms with E-state index in [-0.39, 0.29) is 11.4 Å². The Bertz CT molecular complexity index is 340. The zero-order chi connectivity index (χ0) is 12.8. The molecule has 3 fully saturated rings. The molecule has 1 amide bonds. The van der Waals surface area contributed by atoms with Crippen molar-refractivity contribution in [3.8, 4) is 0 Å². The Labute approximate surface area is 109 Å². The van der Waals surface area contributed by atoms with Crippen LogP contribution in [0, 0.1) is 0 Å². The van der Waals surface area contributed by atoms with Crippen LogP contribution in [0.15, 0.2) is 0 Å². The highest BCUT2D eigenvalue weighted by molar-refractivity contribution is 5.77. The van der Waals surface area contributed by atoms with Gasteiger partial charge in [-0.05, 0) is 45.6 Å². The topological polar surface area (TPSA) is 49.6 Å². The largest absolute Gasteiger partial charge is 0.341 e. The van der Waals surface area contributed by atoms with Crippen LogP contribution in [0.3, 0.4) is 0 Å². The number of hydrogen-bond acceptors (Lipinski definition) is 3. The van der Waals surface area contributed by atoms with Crippen LogP contribution in [0.25, 0.3) is 0 Å². The summed E-state index contributed by atoms with van der Waals surface area (Å²) in [6, 6.07) is 1.28. The van der Waals surface area contributed by atoms with Crippen LogP contribution < -0.4 is 5.73 Å². The molecule has 18 heavy (non-hydrogen) atoms. The van der Waals surface area contributed by atoms with Crippen molar-refractivity contribution in [3.63, 3.8) is 0 Å². The summed E-state index contributed by atoms with van der Waals surface area (Å²) in [6.45, 7) is 1.85. The molecule has 0 radical (unpaired) electrons. The predicted molar refractivity (Wildman–Crippen MR) is 71.2 cm³/mol. The number of likely N-dealkylation sites (N-methyl/N-ethyl adjacent to an activating group) is 1. The predicted octanol–water partition coefficient (Wildman–Crippen LogP) is 0.953. The third kappa shape index (κ3) is 2.16. The second kappa shape index (κ2) is 4.49. The van der Waals surface area contributed by atoms with Gasteiger partial charge in [-0.2, -0.15) is 0 Å². The van der Waals surface area contributed by atoms with Gasteiger partial charge >= 0.3 is 0 Å². The molecule has 0 aromatic rings. The first-order valence-electron chi connectivity index (χ1n) is 7.36. The first-order chi connectivity index (χ1) is 8.57. The SMILES string of the molecule is CN1C2CCC1CN(C(=O)CC1(N)CCC1)CC2. The van der Waals surface area contributed by atoms with Crippen molar-refractivity contribution in [3.05, 3.63) is 0 Å². The van der Waals surface area contributed by atoms with Gasteiger partial charge in [-0.15, -0.1) is 0 Å². The van der Waals surface area contributed by atoms with Crippen molar-refractivity contribution in [2.24, 2.45) is 5.73 Å². The molecule has 3 rings (SSSR count). The molecule has 3 aliphatic rings. The summed E-state index contributed by atoms with van der Waals surface area (Å²) in [4.78, 5) is 16.9. The molecule has 2 N–H and O–H groups in total. The average molecular weight is 251 g/mol. The van der Waals surface area contributed by atoms with Gasteiger partial charge in [-0.3, -0.25) is 9.69 Å². The number of likely N-dealkylation sites (tertiary alicyclic amines) is 1. The maximum atomic E-state index is 12.4. The standard InChI is InChI=1S/C14H25N3O/c1-16-11-3-4-12(16)10-17(8-5-11)13(18)9-14(15)6-2-7-14/h11-12H,2-10,15H2,1H3. The minimum absolute atomic E-state index is 0.172. The van der Waals surface area contributed by atoms with E-state index in [1.165, 1.54) is 19.3 Å². The number of nitrogens with two attached hydrogens (primary N) is 1. The number of carbonyl (C=O) groups is 1. The highest BCUT2D eigenvalue weighted by Crippen LogP contribution is 2.34. The molecular weight excluding hydrogens is 226 g/mol. The van der Waals surface area contributed by atoms with Crippen molar-refractivity contribution in [2.75, 3.05) is 20.1 Å². The maximum absolute atomic E-state index is 12.4. The summed E-state index contributed by atoms with van der Waals surface area (Å²) >= 11 is 0. The van der Waals surface area contributed by atoms with Crippen LogP contribution in [0.4, 0.5) is 0 Å².